The third kappa shape index (κ3) is 1.54. The maximum atomic E-state index is 13.3. The van der Waals surface area contributed by atoms with Crippen molar-refractivity contribution in [3.63, 3.8) is 0 Å². The average molecular weight is 283 g/mol. The van der Waals surface area contributed by atoms with Crippen molar-refractivity contribution < 1.29 is 13.6 Å². The van der Waals surface area contributed by atoms with Crippen molar-refractivity contribution in [1.29, 1.82) is 0 Å². The van der Waals surface area contributed by atoms with E-state index in [0.717, 1.165) is 12.1 Å². The molecule has 1 aromatic rings. The van der Waals surface area contributed by atoms with E-state index in [0.29, 0.717) is 23.7 Å². The van der Waals surface area contributed by atoms with Crippen LogP contribution in [0.2, 0.25) is 5.02 Å². The van der Waals surface area contributed by atoms with Gasteiger partial charge in [-0.1, -0.05) is 11.6 Å². The van der Waals surface area contributed by atoms with Gasteiger partial charge in [0.1, 0.15) is 0 Å². The van der Waals surface area contributed by atoms with Gasteiger partial charge in [0.2, 0.25) is 0 Å². The molecule has 4 rings (SSSR count). The minimum absolute atomic E-state index is 0.00797. The second-order valence-electron chi connectivity index (χ2n) is 6.12. The van der Waals surface area contributed by atoms with Crippen LogP contribution >= 0.6 is 11.6 Å². The molecule has 19 heavy (non-hydrogen) atoms. The van der Waals surface area contributed by atoms with Gasteiger partial charge in [0.25, 0.3) is 0 Å². The number of hydrogen-bond donors (Lipinski definition) is 0. The van der Waals surface area contributed by atoms with Crippen LogP contribution in [0, 0.1) is 41.2 Å². The molecule has 0 spiro atoms. The lowest BCUT2D eigenvalue weighted by molar-refractivity contribution is 0.0944. The Hall–Kier alpha value is -0.960. The molecule has 0 heterocycles. The van der Waals surface area contributed by atoms with Gasteiger partial charge in [-0.3, -0.25) is 4.79 Å². The SMILES string of the molecule is O=C(c1cc(F)c(F)cc1Cl)C1C2C3CCC(C3)C12. The fourth-order valence-corrected chi connectivity index (χ4v) is 4.81. The molecule has 0 N–H and O–H groups in total. The van der Waals surface area contributed by atoms with Crippen molar-refractivity contribution in [2.75, 3.05) is 0 Å². The molecule has 100 valence electrons. The van der Waals surface area contributed by atoms with Crippen LogP contribution < -0.4 is 0 Å². The molecule has 0 aliphatic heterocycles. The van der Waals surface area contributed by atoms with E-state index in [4.69, 9.17) is 11.6 Å². The monoisotopic (exact) mass is 282 g/mol. The van der Waals surface area contributed by atoms with E-state index in [-0.39, 0.29) is 22.3 Å². The number of halogens is 3. The number of benzene rings is 1. The largest absolute Gasteiger partial charge is 0.294 e. The zero-order valence-corrected chi connectivity index (χ0v) is 11.0. The summed E-state index contributed by atoms with van der Waals surface area (Å²) in [4.78, 5) is 12.5. The summed E-state index contributed by atoms with van der Waals surface area (Å²) in [5.74, 6) is 0.232. The van der Waals surface area contributed by atoms with Crippen LogP contribution in [0.3, 0.4) is 0 Å². The number of ketones is 1. The highest BCUT2D eigenvalue weighted by atomic mass is 35.5. The molecular formula is C15H13ClF2O. The fraction of sp³-hybridized carbons (Fsp3) is 0.533. The normalized spacial score (nSPS) is 38.4. The minimum atomic E-state index is -1.00. The zero-order chi connectivity index (χ0) is 13.3. The van der Waals surface area contributed by atoms with Crippen molar-refractivity contribution in [3.8, 4) is 0 Å². The summed E-state index contributed by atoms with van der Waals surface area (Å²) in [7, 11) is 0. The highest BCUT2D eigenvalue weighted by Crippen LogP contribution is 2.70. The number of fused-ring (bicyclic) bond motifs is 5. The molecule has 2 bridgehead atoms. The van der Waals surface area contributed by atoms with E-state index in [1.807, 2.05) is 0 Å². The van der Waals surface area contributed by atoms with E-state index >= 15 is 0 Å². The summed E-state index contributed by atoms with van der Waals surface area (Å²) in [6, 6.07) is 1.85. The van der Waals surface area contributed by atoms with Crippen LogP contribution in [0.4, 0.5) is 8.78 Å². The highest BCUT2D eigenvalue weighted by Gasteiger charge is 2.67. The fourth-order valence-electron chi connectivity index (χ4n) is 4.57. The van der Waals surface area contributed by atoms with Gasteiger partial charge in [-0.25, -0.2) is 8.78 Å². The quantitative estimate of drug-likeness (QED) is 0.590. The maximum absolute atomic E-state index is 13.3. The molecule has 4 heteroatoms. The zero-order valence-electron chi connectivity index (χ0n) is 10.2. The molecule has 1 nitrogen and oxygen atoms in total. The number of carbonyl (C=O) groups excluding carboxylic acids is 1. The molecule has 0 aromatic heterocycles. The Kier molecular flexibility index (Phi) is 2.36. The molecule has 0 amide bonds. The number of carbonyl (C=O) groups is 1. The summed E-state index contributed by atoms with van der Waals surface area (Å²) in [5.41, 5.74) is 0.152. The predicted octanol–water partition coefficient (Wildman–Crippen LogP) is 4.09. The summed E-state index contributed by atoms with van der Waals surface area (Å²) in [6.45, 7) is 0. The Balaban J connectivity index is 1.64. The minimum Gasteiger partial charge on any atom is -0.294 e. The van der Waals surface area contributed by atoms with E-state index in [9.17, 15) is 13.6 Å². The molecule has 0 saturated heterocycles. The third-order valence-corrected chi connectivity index (χ3v) is 5.63. The van der Waals surface area contributed by atoms with E-state index in [1.54, 1.807) is 0 Å². The Morgan fingerprint density at radius 1 is 1.11 bits per heavy atom. The summed E-state index contributed by atoms with van der Waals surface area (Å²) < 4.78 is 26.3. The topological polar surface area (TPSA) is 17.1 Å². The molecular weight excluding hydrogens is 270 g/mol. The van der Waals surface area contributed by atoms with Crippen molar-refractivity contribution in [1.82, 2.24) is 0 Å². The summed E-state index contributed by atoms with van der Waals surface area (Å²) >= 11 is 5.89. The second-order valence-corrected chi connectivity index (χ2v) is 6.53. The maximum Gasteiger partial charge on any atom is 0.168 e. The summed E-state index contributed by atoms with van der Waals surface area (Å²) in [5, 5.41) is 0.0289. The van der Waals surface area contributed by atoms with Crippen LogP contribution in [0.5, 0.6) is 0 Å². The van der Waals surface area contributed by atoms with Crippen LogP contribution in [0.1, 0.15) is 29.6 Å². The van der Waals surface area contributed by atoms with Gasteiger partial charge in [0.15, 0.2) is 17.4 Å². The Bertz CT molecular complexity index is 570. The molecule has 4 atom stereocenters. The molecule has 1 aromatic carbocycles. The van der Waals surface area contributed by atoms with Gasteiger partial charge in [-0.15, -0.1) is 0 Å². The van der Waals surface area contributed by atoms with Crippen LogP contribution in [0.25, 0.3) is 0 Å². The van der Waals surface area contributed by atoms with Gasteiger partial charge in [-0.2, -0.15) is 0 Å². The molecule has 3 saturated carbocycles. The van der Waals surface area contributed by atoms with Gasteiger partial charge in [0.05, 0.1) is 5.02 Å². The average Bonchev–Trinajstić information content (AvgIpc) is 2.81. The molecule has 0 radical (unpaired) electrons. The lowest BCUT2D eigenvalue weighted by Crippen LogP contribution is -2.11. The first-order chi connectivity index (χ1) is 9.08. The Labute approximate surface area is 114 Å². The number of Topliss-reactive ketones (excluding diaryl/α,β-unsaturated/α-hetero) is 1. The van der Waals surface area contributed by atoms with Gasteiger partial charge < -0.3 is 0 Å². The Morgan fingerprint density at radius 2 is 1.68 bits per heavy atom. The second kappa shape index (κ2) is 3.78. The first-order valence-electron chi connectivity index (χ1n) is 6.76. The lowest BCUT2D eigenvalue weighted by atomic mass is 9.96. The van der Waals surface area contributed by atoms with E-state index in [2.05, 4.69) is 0 Å². The van der Waals surface area contributed by atoms with Gasteiger partial charge in [-0.05, 0) is 55.1 Å². The summed E-state index contributed by atoms with van der Waals surface area (Å²) in [6.07, 6.45) is 3.70. The molecule has 4 unspecified atom stereocenters. The smallest absolute Gasteiger partial charge is 0.168 e. The van der Waals surface area contributed by atoms with E-state index < -0.39 is 11.6 Å². The van der Waals surface area contributed by atoms with Crippen molar-refractivity contribution >= 4 is 17.4 Å². The number of rotatable bonds is 2. The van der Waals surface area contributed by atoms with Gasteiger partial charge in [0, 0.05) is 11.5 Å². The molecule has 3 aliphatic carbocycles. The Morgan fingerprint density at radius 3 is 2.32 bits per heavy atom. The third-order valence-electron chi connectivity index (χ3n) is 5.31. The van der Waals surface area contributed by atoms with Crippen molar-refractivity contribution in [3.05, 3.63) is 34.4 Å². The lowest BCUT2D eigenvalue weighted by Gasteiger charge is -2.09. The van der Waals surface area contributed by atoms with Crippen LogP contribution in [-0.4, -0.2) is 5.78 Å². The molecule has 3 aliphatic rings. The van der Waals surface area contributed by atoms with Crippen LogP contribution in [-0.2, 0) is 0 Å². The molecule has 3 fully saturated rings. The first-order valence-corrected chi connectivity index (χ1v) is 7.14. The highest BCUT2D eigenvalue weighted by molar-refractivity contribution is 6.34. The number of hydrogen-bond acceptors (Lipinski definition) is 1. The van der Waals surface area contributed by atoms with Gasteiger partial charge >= 0.3 is 0 Å². The standard InChI is InChI=1S/C15H13ClF2O/c16-9-5-11(18)10(17)4-8(9)15(19)14-12-6-1-2-7(3-6)13(12)14/h4-7,12-14H,1-3H2. The van der Waals surface area contributed by atoms with Crippen molar-refractivity contribution in [2.24, 2.45) is 29.6 Å². The first kappa shape index (κ1) is 11.8. The van der Waals surface area contributed by atoms with Crippen molar-refractivity contribution in [2.45, 2.75) is 19.3 Å². The van der Waals surface area contributed by atoms with E-state index in [1.165, 1.54) is 19.3 Å². The van der Waals surface area contributed by atoms with Crippen LogP contribution in [0.15, 0.2) is 12.1 Å². The predicted molar refractivity (Wildman–Crippen MR) is 67.0 cm³/mol.